The zero-order valence-corrected chi connectivity index (χ0v) is 7.85. The molecule has 1 aliphatic rings. The standard InChI is InChI=1S/C9H13NO3/c1-6(2)7(11)10-9(3)4-5-13-8(9)12/h1,4-5H2,2-3H3,(H,10,11). The predicted molar refractivity (Wildman–Crippen MR) is 46.9 cm³/mol. The Morgan fingerprint density at radius 3 is 2.69 bits per heavy atom. The normalized spacial score (nSPS) is 26.8. The highest BCUT2D eigenvalue weighted by Crippen LogP contribution is 2.19. The molecule has 13 heavy (non-hydrogen) atoms. The quantitative estimate of drug-likeness (QED) is 0.497. The lowest BCUT2D eigenvalue weighted by Gasteiger charge is -2.20. The summed E-state index contributed by atoms with van der Waals surface area (Å²) in [6.45, 7) is 7.11. The summed E-state index contributed by atoms with van der Waals surface area (Å²) in [4.78, 5) is 22.4. The molecule has 0 radical (unpaired) electrons. The molecule has 1 amide bonds. The number of ether oxygens (including phenoxy) is 1. The first-order chi connectivity index (χ1) is 5.96. The Hall–Kier alpha value is -1.32. The Balaban J connectivity index is 2.67. The number of esters is 1. The van der Waals surface area contributed by atoms with Gasteiger partial charge in [-0.25, -0.2) is 4.79 Å². The Kier molecular flexibility index (Phi) is 2.40. The van der Waals surface area contributed by atoms with E-state index < -0.39 is 5.54 Å². The van der Waals surface area contributed by atoms with Crippen LogP contribution < -0.4 is 5.32 Å². The van der Waals surface area contributed by atoms with Crippen molar-refractivity contribution in [3.05, 3.63) is 12.2 Å². The van der Waals surface area contributed by atoms with Crippen molar-refractivity contribution in [3.63, 3.8) is 0 Å². The largest absolute Gasteiger partial charge is 0.464 e. The van der Waals surface area contributed by atoms with Crippen LogP contribution in [0.1, 0.15) is 20.3 Å². The van der Waals surface area contributed by atoms with Crippen LogP contribution in [0.3, 0.4) is 0 Å². The van der Waals surface area contributed by atoms with Crippen molar-refractivity contribution in [1.82, 2.24) is 5.32 Å². The molecule has 72 valence electrons. The van der Waals surface area contributed by atoms with Crippen molar-refractivity contribution in [2.24, 2.45) is 0 Å². The maximum atomic E-state index is 11.2. The third kappa shape index (κ3) is 1.88. The fraction of sp³-hybridized carbons (Fsp3) is 0.556. The summed E-state index contributed by atoms with van der Waals surface area (Å²) in [6.07, 6.45) is 0.519. The van der Waals surface area contributed by atoms with E-state index in [1.807, 2.05) is 0 Å². The molecular weight excluding hydrogens is 170 g/mol. The second-order valence-electron chi connectivity index (χ2n) is 3.45. The zero-order chi connectivity index (χ0) is 10.1. The number of amides is 1. The van der Waals surface area contributed by atoms with Crippen LogP contribution in [0, 0.1) is 0 Å². The molecule has 0 saturated carbocycles. The molecule has 1 rings (SSSR count). The van der Waals surface area contributed by atoms with Gasteiger partial charge in [-0.1, -0.05) is 6.58 Å². The maximum absolute atomic E-state index is 11.2. The molecule has 4 nitrogen and oxygen atoms in total. The summed E-state index contributed by atoms with van der Waals surface area (Å²) in [7, 11) is 0. The first-order valence-electron chi connectivity index (χ1n) is 4.11. The summed E-state index contributed by atoms with van der Waals surface area (Å²) >= 11 is 0. The van der Waals surface area contributed by atoms with Crippen LogP contribution in [-0.2, 0) is 14.3 Å². The smallest absolute Gasteiger partial charge is 0.331 e. The molecule has 0 spiro atoms. The van der Waals surface area contributed by atoms with E-state index in [0.29, 0.717) is 18.6 Å². The van der Waals surface area contributed by atoms with Gasteiger partial charge in [0.05, 0.1) is 6.61 Å². The van der Waals surface area contributed by atoms with Gasteiger partial charge in [-0.2, -0.15) is 0 Å². The van der Waals surface area contributed by atoms with Gasteiger partial charge in [0.1, 0.15) is 5.54 Å². The second kappa shape index (κ2) is 3.20. The minimum atomic E-state index is -0.865. The molecular formula is C9H13NO3. The second-order valence-corrected chi connectivity index (χ2v) is 3.45. The predicted octanol–water partition coefficient (Wildman–Crippen LogP) is 0.384. The molecule has 0 aliphatic carbocycles. The van der Waals surface area contributed by atoms with E-state index in [0.717, 1.165) is 0 Å². The lowest BCUT2D eigenvalue weighted by atomic mass is 10.0. The van der Waals surface area contributed by atoms with Gasteiger partial charge in [-0.15, -0.1) is 0 Å². The minimum Gasteiger partial charge on any atom is -0.464 e. The Labute approximate surface area is 76.9 Å². The summed E-state index contributed by atoms with van der Waals surface area (Å²) in [5.41, 5.74) is -0.475. The van der Waals surface area contributed by atoms with Crippen molar-refractivity contribution in [3.8, 4) is 0 Å². The fourth-order valence-corrected chi connectivity index (χ4v) is 1.08. The van der Waals surface area contributed by atoms with Gasteiger partial charge in [0, 0.05) is 12.0 Å². The molecule has 4 heteroatoms. The van der Waals surface area contributed by atoms with Crippen LogP contribution in [-0.4, -0.2) is 24.0 Å². The van der Waals surface area contributed by atoms with Crippen LogP contribution >= 0.6 is 0 Å². The first kappa shape index (κ1) is 9.77. The van der Waals surface area contributed by atoms with E-state index in [1.54, 1.807) is 13.8 Å². The number of rotatable bonds is 2. The number of hydrogen-bond acceptors (Lipinski definition) is 3. The molecule has 1 fully saturated rings. The monoisotopic (exact) mass is 183 g/mol. The van der Waals surface area contributed by atoms with Crippen molar-refractivity contribution in [1.29, 1.82) is 0 Å². The fourth-order valence-electron chi connectivity index (χ4n) is 1.08. The molecule has 1 atom stereocenters. The number of hydrogen-bond donors (Lipinski definition) is 1. The van der Waals surface area contributed by atoms with Crippen molar-refractivity contribution in [2.75, 3.05) is 6.61 Å². The number of cyclic esters (lactones) is 1. The third-order valence-corrected chi connectivity index (χ3v) is 2.06. The minimum absolute atomic E-state index is 0.304. The van der Waals surface area contributed by atoms with Gasteiger partial charge >= 0.3 is 5.97 Å². The van der Waals surface area contributed by atoms with Gasteiger partial charge in [0.25, 0.3) is 0 Å². The molecule has 1 saturated heterocycles. The zero-order valence-electron chi connectivity index (χ0n) is 7.85. The van der Waals surface area contributed by atoms with E-state index >= 15 is 0 Å². The van der Waals surface area contributed by atoms with Gasteiger partial charge < -0.3 is 10.1 Å². The SMILES string of the molecule is C=C(C)C(=O)NC1(C)CCOC1=O. The lowest BCUT2D eigenvalue weighted by Crippen LogP contribution is -2.49. The summed E-state index contributed by atoms with van der Waals surface area (Å²) < 4.78 is 4.77. The highest BCUT2D eigenvalue weighted by molar-refractivity contribution is 5.96. The molecule has 0 aromatic rings. The Morgan fingerprint density at radius 1 is 1.69 bits per heavy atom. The summed E-state index contributed by atoms with van der Waals surface area (Å²) in [6, 6.07) is 0. The van der Waals surface area contributed by atoms with E-state index in [2.05, 4.69) is 11.9 Å². The Morgan fingerprint density at radius 2 is 2.31 bits per heavy atom. The van der Waals surface area contributed by atoms with Crippen molar-refractivity contribution < 1.29 is 14.3 Å². The van der Waals surface area contributed by atoms with Gasteiger partial charge in [0.2, 0.25) is 5.91 Å². The van der Waals surface area contributed by atoms with Crippen molar-refractivity contribution in [2.45, 2.75) is 25.8 Å². The number of nitrogens with one attached hydrogen (secondary N) is 1. The highest BCUT2D eigenvalue weighted by Gasteiger charge is 2.41. The third-order valence-electron chi connectivity index (χ3n) is 2.06. The molecule has 0 aromatic carbocycles. The summed E-state index contributed by atoms with van der Waals surface area (Å²) in [5.74, 6) is -0.677. The molecule has 0 aromatic heterocycles. The van der Waals surface area contributed by atoms with Crippen LogP contribution in [0.15, 0.2) is 12.2 Å². The van der Waals surface area contributed by atoms with Crippen LogP contribution in [0.25, 0.3) is 0 Å². The van der Waals surface area contributed by atoms with Gasteiger partial charge in [-0.3, -0.25) is 4.79 Å². The van der Waals surface area contributed by atoms with E-state index in [4.69, 9.17) is 4.74 Å². The van der Waals surface area contributed by atoms with Crippen LogP contribution in [0.2, 0.25) is 0 Å². The molecule has 1 heterocycles. The van der Waals surface area contributed by atoms with Crippen LogP contribution in [0.4, 0.5) is 0 Å². The summed E-state index contributed by atoms with van der Waals surface area (Å²) in [5, 5.41) is 2.59. The van der Waals surface area contributed by atoms with Crippen molar-refractivity contribution >= 4 is 11.9 Å². The Bertz CT molecular complexity index is 272. The van der Waals surface area contributed by atoms with Gasteiger partial charge in [-0.05, 0) is 13.8 Å². The molecule has 1 aliphatic heterocycles. The number of carbonyl (C=O) groups excluding carboxylic acids is 2. The highest BCUT2D eigenvalue weighted by atomic mass is 16.5. The first-order valence-corrected chi connectivity index (χ1v) is 4.11. The maximum Gasteiger partial charge on any atom is 0.331 e. The van der Waals surface area contributed by atoms with E-state index in [9.17, 15) is 9.59 Å². The average Bonchev–Trinajstić information content (AvgIpc) is 2.32. The van der Waals surface area contributed by atoms with E-state index in [-0.39, 0.29) is 11.9 Å². The molecule has 0 bridgehead atoms. The van der Waals surface area contributed by atoms with Gasteiger partial charge in [0.15, 0.2) is 0 Å². The molecule has 1 unspecified atom stereocenters. The molecule has 1 N–H and O–H groups in total. The topological polar surface area (TPSA) is 55.4 Å². The lowest BCUT2D eigenvalue weighted by molar-refractivity contribution is -0.144. The van der Waals surface area contributed by atoms with Crippen LogP contribution in [0.5, 0.6) is 0 Å². The number of carbonyl (C=O) groups is 2. The van der Waals surface area contributed by atoms with E-state index in [1.165, 1.54) is 0 Å². The average molecular weight is 183 g/mol.